The average Bonchev–Trinajstić information content (AvgIpc) is 2.33. The summed E-state index contributed by atoms with van der Waals surface area (Å²) in [6.45, 7) is 7.25. The van der Waals surface area contributed by atoms with Gasteiger partial charge in [-0.1, -0.05) is 13.8 Å². The van der Waals surface area contributed by atoms with Crippen LogP contribution in [0.4, 0.5) is 5.82 Å². The molecular formula is C12H20N4. The van der Waals surface area contributed by atoms with Crippen molar-refractivity contribution >= 4 is 5.82 Å². The summed E-state index contributed by atoms with van der Waals surface area (Å²) in [6, 6.07) is 0. The summed E-state index contributed by atoms with van der Waals surface area (Å²) >= 11 is 0. The Kier molecular flexibility index (Phi) is 3.39. The van der Waals surface area contributed by atoms with Gasteiger partial charge in [-0.25, -0.2) is 4.98 Å². The molecule has 2 heterocycles. The molecule has 88 valence electrons. The van der Waals surface area contributed by atoms with E-state index in [0.29, 0.717) is 6.54 Å². The normalized spacial score (nSPS) is 25.8. The van der Waals surface area contributed by atoms with Crippen LogP contribution in [0.3, 0.4) is 0 Å². The minimum absolute atomic E-state index is 0.459. The summed E-state index contributed by atoms with van der Waals surface area (Å²) in [5.41, 5.74) is 6.35. The zero-order chi connectivity index (χ0) is 11.5. The molecule has 0 radical (unpaired) electrons. The summed E-state index contributed by atoms with van der Waals surface area (Å²) in [5, 5.41) is 0. The molecule has 0 aromatic carbocycles. The molecule has 0 amide bonds. The Morgan fingerprint density at radius 1 is 1.31 bits per heavy atom. The van der Waals surface area contributed by atoms with E-state index in [1.54, 1.807) is 6.20 Å². The third-order valence-electron chi connectivity index (χ3n) is 3.56. The Hall–Kier alpha value is -1.16. The van der Waals surface area contributed by atoms with Crippen molar-refractivity contribution in [1.82, 2.24) is 9.97 Å². The molecule has 2 N–H and O–H groups in total. The van der Waals surface area contributed by atoms with Crippen molar-refractivity contribution in [1.29, 1.82) is 0 Å². The first-order valence-electron chi connectivity index (χ1n) is 5.96. The minimum atomic E-state index is 0.459. The predicted octanol–water partition coefficient (Wildman–Crippen LogP) is 1.42. The van der Waals surface area contributed by atoms with E-state index in [9.17, 15) is 0 Å². The summed E-state index contributed by atoms with van der Waals surface area (Å²) in [7, 11) is 0. The number of nitrogens with zero attached hydrogens (tertiary/aromatic N) is 3. The number of piperidine rings is 1. The van der Waals surface area contributed by atoms with E-state index in [1.165, 1.54) is 6.42 Å². The standard InChI is InChI=1S/C12H20N4/c1-9-3-4-16(8-10(9)2)12-7-14-11(5-13)6-15-12/h6-7,9-10H,3-5,8,13H2,1-2H3. The van der Waals surface area contributed by atoms with Gasteiger partial charge in [-0.15, -0.1) is 0 Å². The van der Waals surface area contributed by atoms with Crippen molar-refractivity contribution in [2.24, 2.45) is 17.6 Å². The van der Waals surface area contributed by atoms with Gasteiger partial charge in [0.2, 0.25) is 0 Å². The molecule has 1 aliphatic heterocycles. The predicted molar refractivity (Wildman–Crippen MR) is 65.1 cm³/mol. The maximum absolute atomic E-state index is 5.50. The number of nitrogens with two attached hydrogens (primary N) is 1. The first kappa shape index (κ1) is 11.3. The highest BCUT2D eigenvalue weighted by Crippen LogP contribution is 2.25. The molecular weight excluding hydrogens is 200 g/mol. The summed E-state index contributed by atoms with van der Waals surface area (Å²) in [4.78, 5) is 11.0. The van der Waals surface area contributed by atoms with Gasteiger partial charge >= 0.3 is 0 Å². The van der Waals surface area contributed by atoms with Crippen LogP contribution in [0.25, 0.3) is 0 Å². The van der Waals surface area contributed by atoms with Crippen LogP contribution in [-0.2, 0) is 6.54 Å². The molecule has 0 saturated carbocycles. The van der Waals surface area contributed by atoms with E-state index in [2.05, 4.69) is 28.7 Å². The van der Waals surface area contributed by atoms with E-state index >= 15 is 0 Å². The number of aromatic nitrogens is 2. The lowest BCUT2D eigenvalue weighted by molar-refractivity contribution is 0.322. The van der Waals surface area contributed by atoms with E-state index in [-0.39, 0.29) is 0 Å². The minimum Gasteiger partial charge on any atom is -0.355 e. The fourth-order valence-corrected chi connectivity index (χ4v) is 2.09. The maximum atomic E-state index is 5.50. The zero-order valence-corrected chi connectivity index (χ0v) is 10.1. The van der Waals surface area contributed by atoms with Gasteiger partial charge in [-0.05, 0) is 18.3 Å². The van der Waals surface area contributed by atoms with Gasteiger partial charge in [0.05, 0.1) is 18.1 Å². The van der Waals surface area contributed by atoms with Gasteiger partial charge in [-0.3, -0.25) is 4.98 Å². The van der Waals surface area contributed by atoms with Crippen LogP contribution in [-0.4, -0.2) is 23.1 Å². The Balaban J connectivity index is 2.06. The van der Waals surface area contributed by atoms with Crippen molar-refractivity contribution in [3.05, 3.63) is 18.1 Å². The largest absolute Gasteiger partial charge is 0.355 e. The van der Waals surface area contributed by atoms with Crippen LogP contribution in [0.5, 0.6) is 0 Å². The van der Waals surface area contributed by atoms with Crippen molar-refractivity contribution in [3.63, 3.8) is 0 Å². The lowest BCUT2D eigenvalue weighted by Crippen LogP contribution is -2.38. The third-order valence-corrected chi connectivity index (χ3v) is 3.56. The molecule has 0 bridgehead atoms. The summed E-state index contributed by atoms with van der Waals surface area (Å²) in [5.74, 6) is 2.52. The fraction of sp³-hybridized carbons (Fsp3) is 0.667. The lowest BCUT2D eigenvalue weighted by Gasteiger charge is -2.35. The molecule has 1 aliphatic rings. The summed E-state index contributed by atoms with van der Waals surface area (Å²) < 4.78 is 0. The molecule has 2 atom stereocenters. The van der Waals surface area contributed by atoms with Crippen molar-refractivity contribution in [2.75, 3.05) is 18.0 Å². The van der Waals surface area contributed by atoms with E-state index in [0.717, 1.165) is 36.4 Å². The first-order valence-corrected chi connectivity index (χ1v) is 5.96. The smallest absolute Gasteiger partial charge is 0.147 e. The molecule has 1 saturated heterocycles. The summed E-state index contributed by atoms with van der Waals surface area (Å²) in [6.07, 6.45) is 4.85. The van der Waals surface area contributed by atoms with Gasteiger partial charge in [0.25, 0.3) is 0 Å². The van der Waals surface area contributed by atoms with E-state index < -0.39 is 0 Å². The average molecular weight is 220 g/mol. The molecule has 16 heavy (non-hydrogen) atoms. The Morgan fingerprint density at radius 3 is 2.69 bits per heavy atom. The molecule has 0 aliphatic carbocycles. The maximum Gasteiger partial charge on any atom is 0.147 e. The van der Waals surface area contributed by atoms with Crippen LogP contribution in [0, 0.1) is 11.8 Å². The van der Waals surface area contributed by atoms with Crippen molar-refractivity contribution < 1.29 is 0 Å². The zero-order valence-electron chi connectivity index (χ0n) is 10.1. The van der Waals surface area contributed by atoms with Gasteiger partial charge in [0.1, 0.15) is 5.82 Å². The molecule has 4 heteroatoms. The second-order valence-corrected chi connectivity index (χ2v) is 4.76. The van der Waals surface area contributed by atoms with Crippen LogP contribution in [0.15, 0.2) is 12.4 Å². The fourth-order valence-electron chi connectivity index (χ4n) is 2.09. The molecule has 4 nitrogen and oxygen atoms in total. The van der Waals surface area contributed by atoms with Crippen molar-refractivity contribution in [3.8, 4) is 0 Å². The number of hydrogen-bond acceptors (Lipinski definition) is 4. The number of hydrogen-bond donors (Lipinski definition) is 1. The lowest BCUT2D eigenvalue weighted by atomic mass is 9.89. The van der Waals surface area contributed by atoms with Crippen LogP contribution in [0.2, 0.25) is 0 Å². The number of rotatable bonds is 2. The van der Waals surface area contributed by atoms with Crippen LogP contribution >= 0.6 is 0 Å². The Labute approximate surface area is 96.9 Å². The highest BCUT2D eigenvalue weighted by molar-refractivity contribution is 5.36. The highest BCUT2D eigenvalue weighted by atomic mass is 15.2. The molecule has 1 fully saturated rings. The Bertz CT molecular complexity index is 335. The molecule has 0 spiro atoms. The van der Waals surface area contributed by atoms with Gasteiger partial charge < -0.3 is 10.6 Å². The van der Waals surface area contributed by atoms with Crippen LogP contribution in [0.1, 0.15) is 26.0 Å². The topological polar surface area (TPSA) is 55.0 Å². The molecule has 1 aromatic rings. The van der Waals surface area contributed by atoms with Gasteiger partial charge in [-0.2, -0.15) is 0 Å². The third kappa shape index (κ3) is 2.32. The van der Waals surface area contributed by atoms with E-state index in [1.807, 2.05) is 6.20 Å². The quantitative estimate of drug-likeness (QED) is 0.819. The van der Waals surface area contributed by atoms with E-state index in [4.69, 9.17) is 5.73 Å². The van der Waals surface area contributed by atoms with Gasteiger partial charge in [0.15, 0.2) is 0 Å². The SMILES string of the molecule is CC1CCN(c2cnc(CN)cn2)CC1C. The molecule has 2 rings (SSSR count). The van der Waals surface area contributed by atoms with Crippen LogP contribution < -0.4 is 10.6 Å². The van der Waals surface area contributed by atoms with Gasteiger partial charge in [0, 0.05) is 19.6 Å². The second kappa shape index (κ2) is 4.78. The first-order chi connectivity index (χ1) is 7.70. The molecule has 1 aromatic heterocycles. The highest BCUT2D eigenvalue weighted by Gasteiger charge is 2.23. The second-order valence-electron chi connectivity index (χ2n) is 4.76. The monoisotopic (exact) mass is 220 g/mol. The number of anilines is 1. The van der Waals surface area contributed by atoms with Crippen molar-refractivity contribution in [2.45, 2.75) is 26.8 Å². The molecule has 2 unspecified atom stereocenters. The Morgan fingerprint density at radius 2 is 2.12 bits per heavy atom.